The predicted molar refractivity (Wildman–Crippen MR) is 63.5 cm³/mol. The maximum Gasteiger partial charge on any atom is 0.129 e. The van der Waals surface area contributed by atoms with Crippen LogP contribution < -0.4 is 4.74 Å². The fourth-order valence-electron chi connectivity index (χ4n) is 1.66. The summed E-state index contributed by atoms with van der Waals surface area (Å²) in [4.78, 5) is 0. The molecule has 0 aromatic heterocycles. The minimum absolute atomic E-state index is 0.276. The zero-order valence-electron chi connectivity index (χ0n) is 9.43. The van der Waals surface area contributed by atoms with Crippen LogP contribution in [-0.4, -0.2) is 12.2 Å². The van der Waals surface area contributed by atoms with E-state index in [1.807, 2.05) is 0 Å². The maximum atomic E-state index is 13.5. The number of halogens is 1. The van der Waals surface area contributed by atoms with Crippen LogP contribution in [0.1, 0.15) is 17.2 Å². The summed E-state index contributed by atoms with van der Waals surface area (Å²) in [5.74, 6) is 0.297. The molecule has 0 spiro atoms. The van der Waals surface area contributed by atoms with Gasteiger partial charge >= 0.3 is 0 Å². The lowest BCUT2D eigenvalue weighted by molar-refractivity contribution is 0.215. The van der Waals surface area contributed by atoms with Crippen molar-refractivity contribution in [2.45, 2.75) is 6.10 Å². The van der Waals surface area contributed by atoms with Gasteiger partial charge in [0.25, 0.3) is 0 Å². The average Bonchev–Trinajstić information content (AvgIpc) is 2.39. The molecule has 1 atom stereocenters. The zero-order chi connectivity index (χ0) is 12.3. The van der Waals surface area contributed by atoms with Crippen LogP contribution in [0.4, 0.5) is 4.39 Å². The van der Waals surface area contributed by atoms with Gasteiger partial charge in [-0.3, -0.25) is 0 Å². The van der Waals surface area contributed by atoms with Gasteiger partial charge in [-0.1, -0.05) is 30.3 Å². The second kappa shape index (κ2) is 4.97. The number of benzene rings is 2. The molecular formula is C14H13FO2. The smallest absolute Gasteiger partial charge is 0.129 e. The van der Waals surface area contributed by atoms with E-state index < -0.39 is 11.9 Å². The fourth-order valence-corrected chi connectivity index (χ4v) is 1.66. The molecule has 0 saturated heterocycles. The van der Waals surface area contributed by atoms with Crippen molar-refractivity contribution in [1.29, 1.82) is 0 Å². The zero-order valence-corrected chi connectivity index (χ0v) is 9.43. The summed E-state index contributed by atoms with van der Waals surface area (Å²) >= 11 is 0. The highest BCUT2D eigenvalue weighted by atomic mass is 19.1. The third-order valence-electron chi connectivity index (χ3n) is 2.63. The Morgan fingerprint density at radius 3 is 2.29 bits per heavy atom. The van der Waals surface area contributed by atoms with E-state index in [1.165, 1.54) is 6.07 Å². The standard InChI is InChI=1S/C14H13FO2/c1-17-11-8-6-10(7-9-11)14(16)12-4-2-3-5-13(12)15/h2-9,14,16H,1H3. The van der Waals surface area contributed by atoms with Crippen LogP contribution in [0.15, 0.2) is 48.5 Å². The van der Waals surface area contributed by atoms with E-state index in [1.54, 1.807) is 49.6 Å². The number of aliphatic hydroxyl groups excluding tert-OH is 1. The Labute approximate surface area is 99.3 Å². The molecule has 17 heavy (non-hydrogen) atoms. The largest absolute Gasteiger partial charge is 0.497 e. The van der Waals surface area contributed by atoms with Crippen molar-refractivity contribution in [2.24, 2.45) is 0 Å². The van der Waals surface area contributed by atoms with Gasteiger partial charge in [0.15, 0.2) is 0 Å². The summed E-state index contributed by atoms with van der Waals surface area (Å²) in [6, 6.07) is 13.1. The summed E-state index contributed by atoms with van der Waals surface area (Å²) in [7, 11) is 1.57. The lowest BCUT2D eigenvalue weighted by Crippen LogP contribution is -2.02. The first-order valence-corrected chi connectivity index (χ1v) is 5.29. The Balaban J connectivity index is 2.30. The highest BCUT2D eigenvalue weighted by Crippen LogP contribution is 2.25. The van der Waals surface area contributed by atoms with Gasteiger partial charge in [0.1, 0.15) is 17.7 Å². The van der Waals surface area contributed by atoms with Crippen LogP contribution in [-0.2, 0) is 0 Å². The molecule has 2 rings (SSSR count). The van der Waals surface area contributed by atoms with E-state index in [0.717, 1.165) is 0 Å². The van der Waals surface area contributed by atoms with Crippen molar-refractivity contribution in [3.63, 3.8) is 0 Å². The first-order valence-electron chi connectivity index (χ1n) is 5.29. The Hall–Kier alpha value is -1.87. The Kier molecular flexibility index (Phi) is 3.40. The normalized spacial score (nSPS) is 12.2. The van der Waals surface area contributed by atoms with Crippen molar-refractivity contribution in [1.82, 2.24) is 0 Å². The Morgan fingerprint density at radius 1 is 1.06 bits per heavy atom. The van der Waals surface area contributed by atoms with Crippen LogP contribution in [0, 0.1) is 5.82 Å². The molecule has 1 N–H and O–H groups in total. The number of hydrogen-bond acceptors (Lipinski definition) is 2. The second-order valence-electron chi connectivity index (χ2n) is 3.70. The maximum absolute atomic E-state index is 13.5. The SMILES string of the molecule is COc1ccc(C(O)c2ccccc2F)cc1. The molecule has 0 aliphatic rings. The van der Waals surface area contributed by atoms with Gasteiger partial charge in [-0.2, -0.15) is 0 Å². The number of methoxy groups -OCH3 is 1. The van der Waals surface area contributed by atoms with E-state index >= 15 is 0 Å². The average molecular weight is 232 g/mol. The Bertz CT molecular complexity index is 494. The van der Waals surface area contributed by atoms with Crippen LogP contribution in [0.25, 0.3) is 0 Å². The van der Waals surface area contributed by atoms with Crippen molar-refractivity contribution in [2.75, 3.05) is 7.11 Å². The highest BCUT2D eigenvalue weighted by Gasteiger charge is 2.14. The van der Waals surface area contributed by atoms with Gasteiger partial charge in [-0.05, 0) is 23.8 Å². The van der Waals surface area contributed by atoms with E-state index in [4.69, 9.17) is 4.74 Å². The van der Waals surface area contributed by atoms with Crippen molar-refractivity contribution >= 4 is 0 Å². The third kappa shape index (κ3) is 2.45. The fraction of sp³-hybridized carbons (Fsp3) is 0.143. The first-order chi connectivity index (χ1) is 8.22. The van der Waals surface area contributed by atoms with E-state index in [0.29, 0.717) is 11.3 Å². The molecule has 0 bridgehead atoms. The lowest BCUT2D eigenvalue weighted by Gasteiger charge is -2.12. The van der Waals surface area contributed by atoms with E-state index in [9.17, 15) is 9.50 Å². The molecule has 1 unspecified atom stereocenters. The van der Waals surface area contributed by atoms with Crippen LogP contribution in [0.5, 0.6) is 5.75 Å². The van der Waals surface area contributed by atoms with Crippen molar-refractivity contribution in [3.8, 4) is 5.75 Å². The second-order valence-corrected chi connectivity index (χ2v) is 3.70. The summed E-state index contributed by atoms with van der Waals surface area (Å²) < 4.78 is 18.5. The first kappa shape index (κ1) is 11.6. The van der Waals surface area contributed by atoms with Crippen LogP contribution in [0.2, 0.25) is 0 Å². The summed E-state index contributed by atoms with van der Waals surface area (Å²) in [6.07, 6.45) is -0.956. The number of hydrogen-bond donors (Lipinski definition) is 1. The molecule has 2 aromatic carbocycles. The monoisotopic (exact) mass is 232 g/mol. The van der Waals surface area contributed by atoms with Crippen LogP contribution >= 0.6 is 0 Å². The van der Waals surface area contributed by atoms with E-state index in [2.05, 4.69) is 0 Å². The van der Waals surface area contributed by atoms with Gasteiger partial charge in [0.2, 0.25) is 0 Å². The molecule has 0 saturated carbocycles. The minimum atomic E-state index is -0.956. The molecule has 0 fully saturated rings. The number of rotatable bonds is 3. The highest BCUT2D eigenvalue weighted by molar-refractivity contribution is 5.34. The van der Waals surface area contributed by atoms with E-state index in [-0.39, 0.29) is 5.56 Å². The molecule has 0 radical (unpaired) electrons. The lowest BCUT2D eigenvalue weighted by atomic mass is 10.0. The molecule has 2 aromatic rings. The van der Waals surface area contributed by atoms with Gasteiger partial charge in [0, 0.05) is 5.56 Å². The molecule has 0 heterocycles. The quantitative estimate of drug-likeness (QED) is 0.881. The van der Waals surface area contributed by atoms with Gasteiger partial charge < -0.3 is 9.84 Å². The van der Waals surface area contributed by atoms with Gasteiger partial charge in [0.05, 0.1) is 7.11 Å². The van der Waals surface area contributed by atoms with Crippen LogP contribution in [0.3, 0.4) is 0 Å². The predicted octanol–water partition coefficient (Wildman–Crippen LogP) is 2.92. The summed E-state index contributed by atoms with van der Waals surface area (Å²) in [5, 5.41) is 10.1. The number of ether oxygens (including phenoxy) is 1. The van der Waals surface area contributed by atoms with Crippen molar-refractivity contribution in [3.05, 3.63) is 65.5 Å². The summed E-state index contributed by atoms with van der Waals surface area (Å²) in [6.45, 7) is 0. The molecule has 88 valence electrons. The molecule has 0 amide bonds. The van der Waals surface area contributed by atoms with Gasteiger partial charge in [-0.25, -0.2) is 4.39 Å². The molecule has 0 aliphatic carbocycles. The topological polar surface area (TPSA) is 29.5 Å². The molecule has 2 nitrogen and oxygen atoms in total. The Morgan fingerprint density at radius 2 is 1.71 bits per heavy atom. The molecule has 3 heteroatoms. The summed E-state index contributed by atoms with van der Waals surface area (Å²) in [5.41, 5.74) is 0.911. The molecule has 0 aliphatic heterocycles. The van der Waals surface area contributed by atoms with Crippen molar-refractivity contribution < 1.29 is 14.2 Å². The minimum Gasteiger partial charge on any atom is -0.497 e. The third-order valence-corrected chi connectivity index (χ3v) is 2.63. The number of aliphatic hydroxyl groups is 1. The van der Waals surface area contributed by atoms with Gasteiger partial charge in [-0.15, -0.1) is 0 Å². The molecular weight excluding hydrogens is 219 g/mol.